The topological polar surface area (TPSA) is 35.5 Å². The molecule has 0 aromatic carbocycles. The van der Waals surface area contributed by atoms with Crippen molar-refractivity contribution in [2.24, 2.45) is 5.92 Å². The monoisotopic (exact) mass is 236 g/mol. The first-order chi connectivity index (χ1) is 7.99. The highest BCUT2D eigenvalue weighted by Crippen LogP contribution is 2.48. The number of methoxy groups -OCH3 is 1. The van der Waals surface area contributed by atoms with Crippen LogP contribution in [0.1, 0.15) is 40.0 Å². The van der Waals surface area contributed by atoms with E-state index < -0.39 is 5.60 Å². The van der Waals surface area contributed by atoms with E-state index in [-0.39, 0.29) is 5.97 Å². The third-order valence-corrected chi connectivity index (χ3v) is 3.76. The summed E-state index contributed by atoms with van der Waals surface area (Å²) in [4.78, 5) is 11.6. The molecular formula is C14H20O3. The zero-order valence-corrected chi connectivity index (χ0v) is 11.0. The number of carbonyl (C=O) groups is 1. The SMILES string of the molecule is COC1=CC(=O)O[C@@]12C[C@H](C)CCC2=C(C)C. The van der Waals surface area contributed by atoms with E-state index in [9.17, 15) is 4.79 Å². The van der Waals surface area contributed by atoms with Crippen molar-refractivity contribution in [3.63, 3.8) is 0 Å². The lowest BCUT2D eigenvalue weighted by Crippen LogP contribution is -2.40. The first kappa shape index (κ1) is 12.2. The number of carbonyl (C=O) groups excluding carboxylic acids is 1. The molecule has 0 unspecified atom stereocenters. The van der Waals surface area contributed by atoms with Gasteiger partial charge in [0.2, 0.25) is 0 Å². The van der Waals surface area contributed by atoms with Crippen LogP contribution in [0.5, 0.6) is 0 Å². The Morgan fingerprint density at radius 2 is 2.24 bits per heavy atom. The minimum absolute atomic E-state index is 0.283. The van der Waals surface area contributed by atoms with Gasteiger partial charge in [-0.2, -0.15) is 0 Å². The Labute approximate surface area is 102 Å². The summed E-state index contributed by atoms with van der Waals surface area (Å²) < 4.78 is 11.0. The van der Waals surface area contributed by atoms with Crippen molar-refractivity contribution in [1.82, 2.24) is 0 Å². The highest BCUT2D eigenvalue weighted by Gasteiger charge is 2.50. The number of hydrogen-bond acceptors (Lipinski definition) is 3. The summed E-state index contributed by atoms with van der Waals surface area (Å²) in [6.45, 7) is 6.35. The molecule has 0 radical (unpaired) electrons. The molecule has 0 aromatic rings. The summed E-state index contributed by atoms with van der Waals surface area (Å²) in [6, 6.07) is 0. The average Bonchev–Trinajstić information content (AvgIpc) is 2.54. The van der Waals surface area contributed by atoms with Crippen LogP contribution in [0.3, 0.4) is 0 Å². The van der Waals surface area contributed by atoms with E-state index in [1.165, 1.54) is 17.2 Å². The highest BCUT2D eigenvalue weighted by molar-refractivity contribution is 5.87. The molecule has 94 valence electrons. The lowest BCUT2D eigenvalue weighted by molar-refractivity contribution is -0.147. The molecule has 2 rings (SSSR count). The first-order valence-corrected chi connectivity index (χ1v) is 6.15. The standard InChI is InChI=1S/C14H20O3/c1-9(2)11-6-5-10(3)8-14(11)12(16-4)7-13(15)17-14/h7,10H,5-6,8H2,1-4H3/t10-,14-/m1/s1. The fourth-order valence-corrected chi connectivity index (χ4v) is 3.01. The van der Waals surface area contributed by atoms with Crippen molar-refractivity contribution < 1.29 is 14.3 Å². The third kappa shape index (κ3) is 1.88. The normalized spacial score (nSPS) is 32.5. The van der Waals surface area contributed by atoms with Crippen LogP contribution in [0.25, 0.3) is 0 Å². The van der Waals surface area contributed by atoms with Gasteiger partial charge in [-0.1, -0.05) is 12.5 Å². The molecule has 0 amide bonds. The van der Waals surface area contributed by atoms with Crippen LogP contribution >= 0.6 is 0 Å². The van der Waals surface area contributed by atoms with E-state index in [0.717, 1.165) is 19.3 Å². The van der Waals surface area contributed by atoms with Crippen molar-refractivity contribution >= 4 is 5.97 Å². The van der Waals surface area contributed by atoms with Crippen molar-refractivity contribution in [3.8, 4) is 0 Å². The molecule has 3 heteroatoms. The maximum atomic E-state index is 11.6. The van der Waals surface area contributed by atoms with Gasteiger partial charge < -0.3 is 9.47 Å². The van der Waals surface area contributed by atoms with Crippen LogP contribution < -0.4 is 0 Å². The van der Waals surface area contributed by atoms with Crippen LogP contribution in [0, 0.1) is 5.92 Å². The lowest BCUT2D eigenvalue weighted by Gasteiger charge is -2.39. The van der Waals surface area contributed by atoms with Crippen molar-refractivity contribution in [2.45, 2.75) is 45.6 Å². The molecule has 0 bridgehead atoms. The summed E-state index contributed by atoms with van der Waals surface area (Å²) in [7, 11) is 1.61. The number of ether oxygens (including phenoxy) is 2. The van der Waals surface area contributed by atoms with E-state index in [1.807, 2.05) is 0 Å². The fraction of sp³-hybridized carbons (Fsp3) is 0.643. The van der Waals surface area contributed by atoms with Crippen LogP contribution in [0.15, 0.2) is 23.0 Å². The molecule has 1 fully saturated rings. The summed E-state index contributed by atoms with van der Waals surface area (Å²) in [5, 5.41) is 0. The van der Waals surface area contributed by atoms with Crippen molar-refractivity contribution in [1.29, 1.82) is 0 Å². The minimum atomic E-state index is -0.609. The van der Waals surface area contributed by atoms with E-state index >= 15 is 0 Å². The maximum absolute atomic E-state index is 11.6. The van der Waals surface area contributed by atoms with Gasteiger partial charge in [0.1, 0.15) is 0 Å². The van der Waals surface area contributed by atoms with E-state index in [2.05, 4.69) is 20.8 Å². The van der Waals surface area contributed by atoms with Gasteiger partial charge in [0, 0.05) is 6.42 Å². The second kappa shape index (κ2) is 4.21. The molecule has 1 spiro atoms. The zero-order chi connectivity index (χ0) is 12.6. The molecule has 2 atom stereocenters. The lowest BCUT2D eigenvalue weighted by atomic mass is 9.73. The zero-order valence-electron chi connectivity index (χ0n) is 11.0. The van der Waals surface area contributed by atoms with Crippen molar-refractivity contribution in [2.75, 3.05) is 7.11 Å². The highest BCUT2D eigenvalue weighted by atomic mass is 16.6. The van der Waals surface area contributed by atoms with Gasteiger partial charge in [-0.25, -0.2) is 4.79 Å². The number of allylic oxidation sites excluding steroid dienone is 1. The van der Waals surface area contributed by atoms with Crippen LogP contribution in [0.2, 0.25) is 0 Å². The average molecular weight is 236 g/mol. The summed E-state index contributed by atoms with van der Waals surface area (Å²) >= 11 is 0. The third-order valence-electron chi connectivity index (χ3n) is 3.76. The second-order valence-electron chi connectivity index (χ2n) is 5.29. The largest absolute Gasteiger partial charge is 0.496 e. The molecule has 2 aliphatic rings. The molecule has 0 aromatic heterocycles. The maximum Gasteiger partial charge on any atom is 0.335 e. The van der Waals surface area contributed by atoms with Gasteiger partial charge in [0.15, 0.2) is 11.4 Å². The molecule has 1 saturated carbocycles. The summed E-state index contributed by atoms with van der Waals surface area (Å²) in [5.74, 6) is 0.933. The predicted octanol–water partition coefficient (Wildman–Crippen LogP) is 2.97. The fourth-order valence-electron chi connectivity index (χ4n) is 3.01. The molecule has 3 nitrogen and oxygen atoms in total. The van der Waals surface area contributed by atoms with Gasteiger partial charge in [-0.15, -0.1) is 0 Å². The molecule has 0 N–H and O–H groups in total. The van der Waals surface area contributed by atoms with E-state index in [1.54, 1.807) is 7.11 Å². The first-order valence-electron chi connectivity index (χ1n) is 6.15. The minimum Gasteiger partial charge on any atom is -0.496 e. The molecule has 17 heavy (non-hydrogen) atoms. The van der Waals surface area contributed by atoms with Gasteiger partial charge in [-0.05, 0) is 38.2 Å². The summed E-state index contributed by atoms with van der Waals surface area (Å²) in [5.41, 5.74) is 1.84. The van der Waals surface area contributed by atoms with E-state index in [0.29, 0.717) is 11.7 Å². The Morgan fingerprint density at radius 1 is 1.53 bits per heavy atom. The van der Waals surface area contributed by atoms with Gasteiger partial charge in [0.25, 0.3) is 0 Å². The van der Waals surface area contributed by atoms with Crippen LogP contribution in [-0.4, -0.2) is 18.7 Å². The Hall–Kier alpha value is -1.25. The second-order valence-corrected chi connectivity index (χ2v) is 5.29. The van der Waals surface area contributed by atoms with Gasteiger partial charge >= 0.3 is 5.97 Å². The van der Waals surface area contributed by atoms with Crippen molar-refractivity contribution in [3.05, 3.63) is 23.0 Å². The van der Waals surface area contributed by atoms with Gasteiger partial charge in [-0.3, -0.25) is 0 Å². The van der Waals surface area contributed by atoms with Crippen LogP contribution in [-0.2, 0) is 14.3 Å². The molecule has 1 aliphatic heterocycles. The Balaban J connectivity index is 2.48. The number of esters is 1. The smallest absolute Gasteiger partial charge is 0.335 e. The summed E-state index contributed by atoms with van der Waals surface area (Å²) in [6.07, 6.45) is 4.45. The molecule has 0 saturated heterocycles. The Morgan fingerprint density at radius 3 is 2.82 bits per heavy atom. The Bertz CT molecular complexity index is 402. The number of hydrogen-bond donors (Lipinski definition) is 0. The molecular weight excluding hydrogens is 216 g/mol. The molecule has 1 heterocycles. The predicted molar refractivity (Wildman–Crippen MR) is 65.3 cm³/mol. The molecule has 1 aliphatic carbocycles. The van der Waals surface area contributed by atoms with Gasteiger partial charge in [0.05, 0.1) is 13.2 Å². The number of rotatable bonds is 1. The Kier molecular flexibility index (Phi) is 3.02. The quantitative estimate of drug-likeness (QED) is 0.518. The van der Waals surface area contributed by atoms with Crippen LogP contribution in [0.4, 0.5) is 0 Å². The van der Waals surface area contributed by atoms with E-state index in [4.69, 9.17) is 9.47 Å².